The second-order valence-electron chi connectivity index (χ2n) is 19.8. The van der Waals surface area contributed by atoms with Gasteiger partial charge < -0.3 is 44.6 Å². The number of likely N-dealkylation sites (N-methyl/N-ethyl adjacent to an activating group) is 2. The van der Waals surface area contributed by atoms with Gasteiger partial charge in [-0.15, -0.1) is 0 Å². The van der Waals surface area contributed by atoms with E-state index >= 15 is 0 Å². The van der Waals surface area contributed by atoms with Gasteiger partial charge in [-0.1, -0.05) is 102 Å². The van der Waals surface area contributed by atoms with Crippen LogP contribution in [0.4, 0.5) is 0 Å². The quantitative estimate of drug-likeness (QED) is 0.0389. The molecule has 0 bridgehead atoms. The van der Waals surface area contributed by atoms with Gasteiger partial charge in [0.2, 0.25) is 5.91 Å². The largest absolute Gasteiger partial charge is 0.600 e. The summed E-state index contributed by atoms with van der Waals surface area (Å²) in [6.45, 7) is 9.62. The van der Waals surface area contributed by atoms with Crippen LogP contribution in [-0.2, 0) is 50.9 Å². The molecule has 6 N–H and O–H groups in total. The molecule has 6 rings (SSSR count). The van der Waals surface area contributed by atoms with Gasteiger partial charge in [0.1, 0.15) is 24.5 Å². The molecule has 24 heteroatoms. The molecule has 4 heterocycles. The lowest BCUT2D eigenvalue weighted by Gasteiger charge is -2.47. The van der Waals surface area contributed by atoms with Crippen molar-refractivity contribution in [1.82, 2.24) is 35.5 Å². The number of carboxylic acid groups (broad SMARTS) is 2. The minimum atomic E-state index is -2.42. The number of carboxylic acids is 2. The van der Waals surface area contributed by atoms with Crippen molar-refractivity contribution in [3.05, 3.63) is 120 Å². The maximum atomic E-state index is 13.9. The number of amides is 2. The second-order valence-corrected chi connectivity index (χ2v) is 19.8. The molecule has 2 saturated heterocycles. The van der Waals surface area contributed by atoms with E-state index in [4.69, 9.17) is 19.5 Å². The number of rotatable bonds is 26. The molecule has 2 fully saturated rings. The highest BCUT2D eigenvalue weighted by molar-refractivity contribution is 6.67. The number of carbonyl (C=O) groups excluding carboxylic acids is 6. The zero-order chi connectivity index (χ0) is 56.0. The first kappa shape index (κ1) is 61.3. The number of quaternary nitrogens is 1. The predicted octanol–water partition coefficient (Wildman–Crippen LogP) is 3.01. The Labute approximate surface area is 442 Å². The Balaban J connectivity index is 0.000000282. The molecule has 0 saturated carbocycles. The number of Topliss-reactive ketones (excluding diaryl/α,β-unsaturated/α-hetero) is 2. The first-order chi connectivity index (χ1) is 36.1. The number of carbonyl (C=O) groups is 8. The highest BCUT2D eigenvalue weighted by Crippen LogP contribution is 2.47. The molecule has 0 unspecified atom stereocenters. The number of ketones is 2. The second kappa shape index (κ2) is 29.7. The Bertz CT molecular complexity index is 2510. The van der Waals surface area contributed by atoms with E-state index in [1.807, 2.05) is 95.3 Å². The molecule has 4 aromatic rings. The lowest BCUT2D eigenvalue weighted by atomic mass is 9.51. The number of nitrogens with one attached hydrogen (secondary N) is 2. The van der Waals surface area contributed by atoms with Crippen molar-refractivity contribution in [3.8, 4) is 0 Å². The number of aromatic nitrogens is 4. The number of hydrogen-bond acceptors (Lipinski definition) is 17. The molecule has 0 radical (unpaired) electrons. The Morgan fingerprint density at radius 1 is 0.711 bits per heavy atom. The van der Waals surface area contributed by atoms with Crippen LogP contribution in [0.25, 0.3) is 0 Å². The first-order valence-electron chi connectivity index (χ1n) is 25.3. The normalized spacial score (nSPS) is 18.0. The summed E-state index contributed by atoms with van der Waals surface area (Å²) in [7, 11) is -1.67. The van der Waals surface area contributed by atoms with Crippen molar-refractivity contribution >= 4 is 61.1 Å². The molecule has 2 aliphatic heterocycles. The van der Waals surface area contributed by atoms with Gasteiger partial charge in [0, 0.05) is 43.7 Å². The molecule has 2 aromatic heterocycles. The fourth-order valence-corrected chi connectivity index (χ4v) is 9.45. The summed E-state index contributed by atoms with van der Waals surface area (Å²) in [5.74, 6) is -5.93. The van der Waals surface area contributed by atoms with Crippen molar-refractivity contribution in [2.45, 2.75) is 97.9 Å². The van der Waals surface area contributed by atoms with Crippen molar-refractivity contribution in [3.63, 3.8) is 0 Å². The summed E-state index contributed by atoms with van der Waals surface area (Å²) in [5.41, 5.74) is 2.10. The molecule has 2 aliphatic rings. The van der Waals surface area contributed by atoms with Crippen LogP contribution < -0.4 is 10.6 Å². The number of aliphatic carboxylic acids is 2. The maximum Gasteiger partial charge on any atom is 0.587 e. The van der Waals surface area contributed by atoms with Gasteiger partial charge in [-0.3, -0.25) is 53.2 Å². The molecule has 0 aliphatic carbocycles. The Morgan fingerprint density at radius 2 is 1.22 bits per heavy atom. The van der Waals surface area contributed by atoms with Gasteiger partial charge in [-0.2, -0.15) is 0 Å². The number of fused-ring (bicyclic) bond motifs is 1. The third-order valence-electron chi connectivity index (χ3n) is 13.0. The van der Waals surface area contributed by atoms with Gasteiger partial charge in [-0.05, 0) is 67.9 Å². The van der Waals surface area contributed by atoms with Gasteiger partial charge in [0.15, 0.2) is 11.6 Å². The van der Waals surface area contributed by atoms with Crippen LogP contribution in [0.1, 0.15) is 99.3 Å². The molecule has 76 heavy (non-hydrogen) atoms. The van der Waals surface area contributed by atoms with Crippen molar-refractivity contribution in [2.24, 2.45) is 17.8 Å². The highest BCUT2D eigenvalue weighted by Gasteiger charge is 2.70. The molecule has 2 amide bonds. The van der Waals surface area contributed by atoms with E-state index in [1.54, 1.807) is 6.92 Å². The standard InChI is InChI=1S/C26H33BN4O6.C20H26BN3O4.C6H11NO4/c1-4-31-16-24(33)36-27(31,37-25(34)17-31)20(12-18(2)3)14-23(32)21(13-19-8-6-5-7-9-19)30-26(35)22-15-28-10-11-29-22;1-14(2)10-19(21(27)28)24-20(26)16(11-15-6-4-3-5-7-15)12-18(25)17-13-22-8-9-23-17;1-2-7(3-5(8)9)4-6(10)11/h5-11,15,18,20-21H,4,12-14,16-17H2,1-3H3,(H,30,35);3-9,13-14,16,19,27-28H,10-12H2,1-2H3,(H,24,26);2-4H2,1H3,(H,8,9)(H,10,11)/t20-,21+,27?,31?;16-,19+;/m11./s1. The lowest BCUT2D eigenvalue weighted by Crippen LogP contribution is -2.65. The highest BCUT2D eigenvalue weighted by atomic mass is 16.7. The minimum absolute atomic E-state index is 0.0169. The third kappa shape index (κ3) is 18.5. The summed E-state index contributed by atoms with van der Waals surface area (Å²) < 4.78 is 11.8. The topological polar surface area (TPSA) is 315 Å². The molecule has 0 spiro atoms. The van der Waals surface area contributed by atoms with Crippen LogP contribution in [0, 0.1) is 17.8 Å². The van der Waals surface area contributed by atoms with E-state index in [0.29, 0.717) is 32.4 Å². The lowest BCUT2D eigenvalue weighted by molar-refractivity contribution is -0.814. The molecule has 4 atom stereocenters. The fourth-order valence-electron chi connectivity index (χ4n) is 9.45. The number of nitrogens with zero attached hydrogens (tertiary/aromatic N) is 6. The monoisotopic (exact) mass is 1050 g/mol. The maximum absolute atomic E-state index is 13.9. The zero-order valence-corrected chi connectivity index (χ0v) is 43.9. The SMILES string of the molecule is CC(C)C[C@H](NC(=O)[C@@H](CC(=O)c1cnccn1)Cc1ccccc1)B(O)O.CCN(CC(=O)O)CC(=O)O.CC[N+]12CC(=O)O[B-]1([C@@H](CC(=O)[C@H](Cc1ccccc1)NC(=O)c1cnccn1)CC(C)C)OC(=O)C2. The van der Waals surface area contributed by atoms with Gasteiger partial charge in [0.25, 0.3) is 5.91 Å². The molecule has 22 nitrogen and oxygen atoms in total. The van der Waals surface area contributed by atoms with Crippen LogP contribution >= 0.6 is 0 Å². The van der Waals surface area contributed by atoms with Crippen molar-refractivity contribution in [2.75, 3.05) is 39.3 Å². The van der Waals surface area contributed by atoms with Gasteiger partial charge >= 0.3 is 37.7 Å². The summed E-state index contributed by atoms with van der Waals surface area (Å²) in [6, 6.07) is 17.9. The predicted molar refractivity (Wildman–Crippen MR) is 278 cm³/mol. The van der Waals surface area contributed by atoms with Gasteiger partial charge in [0.05, 0.1) is 37.5 Å². The van der Waals surface area contributed by atoms with Crippen LogP contribution in [0.5, 0.6) is 0 Å². The Hall–Kier alpha value is -7.27. The van der Waals surface area contributed by atoms with Crippen LogP contribution in [0.2, 0.25) is 5.82 Å². The zero-order valence-electron chi connectivity index (χ0n) is 43.9. The van der Waals surface area contributed by atoms with Gasteiger partial charge in [-0.25, -0.2) is 9.97 Å². The average molecular weight is 1050 g/mol. The average Bonchev–Trinajstić information content (AvgIpc) is 3.83. The summed E-state index contributed by atoms with van der Waals surface area (Å²) in [5, 5.41) is 41.3. The smallest absolute Gasteiger partial charge is 0.587 e. The third-order valence-corrected chi connectivity index (χ3v) is 13.0. The molecule has 408 valence electrons. The fraction of sp³-hybridized carbons (Fsp3) is 0.462. The number of benzene rings is 2. The van der Waals surface area contributed by atoms with Crippen LogP contribution in [-0.4, -0.2) is 162 Å². The molecular weight excluding hydrogens is 982 g/mol. The van der Waals surface area contributed by atoms with E-state index in [-0.39, 0.29) is 90.5 Å². The summed E-state index contributed by atoms with van der Waals surface area (Å²) in [6.07, 6.45) is 9.99. The van der Waals surface area contributed by atoms with E-state index in [0.717, 1.165) is 11.1 Å². The first-order valence-corrected chi connectivity index (χ1v) is 25.3. The minimum Gasteiger partial charge on any atom is -0.600 e. The Kier molecular flexibility index (Phi) is 24.0. The van der Waals surface area contributed by atoms with Crippen LogP contribution in [0.3, 0.4) is 0 Å². The van der Waals surface area contributed by atoms with E-state index in [2.05, 4.69) is 30.6 Å². The number of hydrogen-bond donors (Lipinski definition) is 6. The van der Waals surface area contributed by atoms with Crippen molar-refractivity contribution < 1.29 is 72.3 Å². The van der Waals surface area contributed by atoms with Crippen molar-refractivity contribution in [1.29, 1.82) is 0 Å². The molecular formula is C52H70B2N8O14. The van der Waals surface area contributed by atoms with Crippen LogP contribution in [0.15, 0.2) is 97.8 Å². The van der Waals surface area contributed by atoms with E-state index in [1.165, 1.54) is 42.1 Å². The molecule has 2 aromatic carbocycles. The summed E-state index contributed by atoms with van der Waals surface area (Å²) >= 11 is 0. The Morgan fingerprint density at radius 3 is 1.67 bits per heavy atom. The van der Waals surface area contributed by atoms with E-state index < -0.39 is 67.3 Å². The summed E-state index contributed by atoms with van der Waals surface area (Å²) in [4.78, 5) is 115. The van der Waals surface area contributed by atoms with E-state index in [9.17, 15) is 48.4 Å².